The van der Waals surface area contributed by atoms with Gasteiger partial charge in [0.15, 0.2) is 0 Å². The molecule has 136 valence electrons. The zero-order valence-electron chi connectivity index (χ0n) is 14.5. The van der Waals surface area contributed by atoms with E-state index in [0.29, 0.717) is 24.2 Å². The molecule has 2 rings (SSSR count). The van der Waals surface area contributed by atoms with Gasteiger partial charge in [0, 0.05) is 18.6 Å². The van der Waals surface area contributed by atoms with Crippen molar-refractivity contribution in [3.05, 3.63) is 62.7 Å². The van der Waals surface area contributed by atoms with Crippen molar-refractivity contribution in [2.75, 3.05) is 6.61 Å². The second-order valence-electron chi connectivity index (χ2n) is 5.58. The van der Waals surface area contributed by atoms with Crippen molar-refractivity contribution in [3.8, 4) is 6.07 Å². The summed E-state index contributed by atoms with van der Waals surface area (Å²) in [5.41, 5.74) is 6.60. The van der Waals surface area contributed by atoms with E-state index in [0.717, 1.165) is 0 Å². The van der Waals surface area contributed by atoms with Crippen LogP contribution in [0.4, 0.5) is 5.69 Å². The van der Waals surface area contributed by atoms with Gasteiger partial charge in [0.2, 0.25) is 5.88 Å². The molecule has 1 atom stereocenters. The van der Waals surface area contributed by atoms with Gasteiger partial charge >= 0.3 is 5.97 Å². The number of carbonyl (C=O) groups excluding carboxylic acids is 1. The summed E-state index contributed by atoms with van der Waals surface area (Å²) < 4.78 is 10.7. The third-order valence-electron chi connectivity index (χ3n) is 3.91. The van der Waals surface area contributed by atoms with Crippen molar-refractivity contribution in [2.24, 2.45) is 5.73 Å². The van der Waals surface area contributed by atoms with Gasteiger partial charge in [0.1, 0.15) is 17.4 Å². The first-order valence-corrected chi connectivity index (χ1v) is 8.16. The number of ether oxygens (including phenoxy) is 2. The van der Waals surface area contributed by atoms with Crippen LogP contribution in [0.2, 0.25) is 0 Å². The van der Waals surface area contributed by atoms with Crippen LogP contribution >= 0.6 is 0 Å². The van der Waals surface area contributed by atoms with Gasteiger partial charge < -0.3 is 15.2 Å². The number of esters is 1. The Balaban J connectivity index is 2.63. The van der Waals surface area contributed by atoms with Gasteiger partial charge in [0.25, 0.3) is 5.69 Å². The Morgan fingerprint density at radius 2 is 2.04 bits per heavy atom. The highest BCUT2D eigenvalue weighted by Crippen LogP contribution is 2.41. The number of nitriles is 1. The lowest BCUT2D eigenvalue weighted by molar-refractivity contribution is -0.384. The third-order valence-corrected chi connectivity index (χ3v) is 3.91. The molecule has 0 bridgehead atoms. The van der Waals surface area contributed by atoms with Crippen LogP contribution in [0.5, 0.6) is 0 Å². The molecule has 1 aromatic carbocycles. The molecule has 1 aliphatic rings. The van der Waals surface area contributed by atoms with Gasteiger partial charge in [-0.15, -0.1) is 0 Å². The Labute approximate surface area is 150 Å². The van der Waals surface area contributed by atoms with Crippen molar-refractivity contribution < 1.29 is 19.2 Å². The number of hydrogen-bond acceptors (Lipinski definition) is 7. The number of nitrogens with zero attached hydrogens (tertiary/aromatic N) is 2. The minimum Gasteiger partial charge on any atom is -0.463 e. The fourth-order valence-corrected chi connectivity index (χ4v) is 2.79. The predicted molar refractivity (Wildman–Crippen MR) is 92.3 cm³/mol. The van der Waals surface area contributed by atoms with E-state index in [1.54, 1.807) is 6.92 Å². The van der Waals surface area contributed by atoms with Gasteiger partial charge in [-0.25, -0.2) is 4.79 Å². The maximum atomic E-state index is 12.6. The highest BCUT2D eigenvalue weighted by atomic mass is 16.6. The molecule has 0 unspecified atom stereocenters. The van der Waals surface area contributed by atoms with Gasteiger partial charge in [-0.3, -0.25) is 10.1 Å². The zero-order chi connectivity index (χ0) is 19.3. The van der Waals surface area contributed by atoms with Crippen molar-refractivity contribution in [1.82, 2.24) is 0 Å². The maximum Gasteiger partial charge on any atom is 0.338 e. The van der Waals surface area contributed by atoms with Gasteiger partial charge in [-0.1, -0.05) is 19.1 Å². The van der Waals surface area contributed by atoms with Crippen LogP contribution in [0.1, 0.15) is 38.2 Å². The van der Waals surface area contributed by atoms with E-state index < -0.39 is 16.8 Å². The third kappa shape index (κ3) is 3.67. The summed E-state index contributed by atoms with van der Waals surface area (Å²) in [5.74, 6) is -1.12. The number of hydrogen-bond donors (Lipinski definition) is 1. The summed E-state index contributed by atoms with van der Waals surface area (Å²) in [6, 6.07) is 7.62. The molecule has 0 fully saturated rings. The Morgan fingerprint density at radius 1 is 1.38 bits per heavy atom. The van der Waals surface area contributed by atoms with Crippen LogP contribution in [-0.4, -0.2) is 17.5 Å². The molecule has 8 nitrogen and oxygen atoms in total. The fourth-order valence-electron chi connectivity index (χ4n) is 2.79. The monoisotopic (exact) mass is 357 g/mol. The molecule has 0 aromatic heterocycles. The van der Waals surface area contributed by atoms with Gasteiger partial charge in [0.05, 0.1) is 23.0 Å². The summed E-state index contributed by atoms with van der Waals surface area (Å²) in [6.45, 7) is 3.76. The van der Waals surface area contributed by atoms with Gasteiger partial charge in [-0.05, 0) is 18.9 Å². The number of allylic oxidation sites excluding steroid dienone is 2. The van der Waals surface area contributed by atoms with Crippen molar-refractivity contribution in [2.45, 2.75) is 32.6 Å². The summed E-state index contributed by atoms with van der Waals surface area (Å²) in [5, 5.41) is 20.4. The van der Waals surface area contributed by atoms with Crippen LogP contribution in [0, 0.1) is 21.4 Å². The summed E-state index contributed by atoms with van der Waals surface area (Å²) in [6.07, 6.45) is 1.14. The van der Waals surface area contributed by atoms with Crippen LogP contribution in [-0.2, 0) is 14.3 Å². The Morgan fingerprint density at radius 3 is 2.54 bits per heavy atom. The quantitative estimate of drug-likeness (QED) is 0.470. The number of non-ortho nitro benzene ring substituents is 1. The Bertz CT molecular complexity index is 818. The topological polar surface area (TPSA) is 128 Å². The highest BCUT2D eigenvalue weighted by molar-refractivity contribution is 5.92. The molecule has 0 aliphatic carbocycles. The molecule has 8 heteroatoms. The van der Waals surface area contributed by atoms with E-state index in [1.165, 1.54) is 24.3 Å². The first-order chi connectivity index (χ1) is 12.4. The highest BCUT2D eigenvalue weighted by Gasteiger charge is 2.37. The van der Waals surface area contributed by atoms with Crippen molar-refractivity contribution >= 4 is 11.7 Å². The van der Waals surface area contributed by atoms with E-state index in [1.807, 2.05) is 13.0 Å². The van der Waals surface area contributed by atoms with Gasteiger partial charge in [-0.2, -0.15) is 5.26 Å². The van der Waals surface area contributed by atoms with Crippen LogP contribution in [0.15, 0.2) is 47.1 Å². The first-order valence-electron chi connectivity index (χ1n) is 8.16. The van der Waals surface area contributed by atoms with Crippen LogP contribution < -0.4 is 5.73 Å². The number of benzene rings is 1. The van der Waals surface area contributed by atoms with E-state index in [2.05, 4.69) is 0 Å². The molecular weight excluding hydrogens is 338 g/mol. The lowest BCUT2D eigenvalue weighted by Crippen LogP contribution is -2.26. The molecule has 0 amide bonds. The number of nitro groups is 1. The standard InChI is InChI=1S/C18H19N3O5/c1-3-5-14-16(18(22)25-4-2)15(13(10-19)17(20)26-14)11-6-8-12(9-7-11)21(23)24/h6-9,15H,3-5,20H2,1-2H3/t15-/m1/s1. The van der Waals surface area contributed by atoms with Crippen LogP contribution in [0.3, 0.4) is 0 Å². The van der Waals surface area contributed by atoms with Crippen molar-refractivity contribution in [3.63, 3.8) is 0 Å². The second-order valence-corrected chi connectivity index (χ2v) is 5.58. The molecule has 0 spiro atoms. The second kappa shape index (κ2) is 8.16. The van der Waals surface area contributed by atoms with E-state index >= 15 is 0 Å². The first kappa shape index (κ1) is 19.0. The predicted octanol–water partition coefficient (Wildman–Crippen LogP) is 3.02. The SMILES string of the molecule is CCCC1=C(C(=O)OCC)[C@H](c2ccc([N+](=O)[O-])cc2)C(C#N)=C(N)O1. The van der Waals surface area contributed by atoms with E-state index in [9.17, 15) is 20.2 Å². The Kier molecular flexibility index (Phi) is 5.96. The summed E-state index contributed by atoms with van der Waals surface area (Å²) >= 11 is 0. The number of carbonyl (C=O) groups is 1. The molecule has 0 saturated carbocycles. The van der Waals surface area contributed by atoms with E-state index in [4.69, 9.17) is 15.2 Å². The number of rotatable bonds is 6. The maximum absolute atomic E-state index is 12.6. The fraction of sp³-hybridized carbons (Fsp3) is 0.333. The molecule has 1 aliphatic heterocycles. The normalized spacial score (nSPS) is 16.7. The lowest BCUT2D eigenvalue weighted by Gasteiger charge is -2.28. The largest absolute Gasteiger partial charge is 0.463 e. The average molecular weight is 357 g/mol. The summed E-state index contributed by atoms with van der Waals surface area (Å²) in [7, 11) is 0. The number of nitrogens with two attached hydrogens (primary N) is 1. The minimum atomic E-state index is -0.796. The molecule has 0 saturated heterocycles. The minimum absolute atomic E-state index is 0.0711. The lowest BCUT2D eigenvalue weighted by atomic mass is 9.82. The Hall–Kier alpha value is -3.34. The molecule has 1 heterocycles. The smallest absolute Gasteiger partial charge is 0.338 e. The van der Waals surface area contributed by atoms with Crippen LogP contribution in [0.25, 0.3) is 0 Å². The molecule has 0 radical (unpaired) electrons. The molecule has 26 heavy (non-hydrogen) atoms. The number of nitro benzene ring substituents is 1. The van der Waals surface area contributed by atoms with E-state index in [-0.39, 0.29) is 29.3 Å². The summed E-state index contributed by atoms with van der Waals surface area (Å²) in [4.78, 5) is 22.9. The van der Waals surface area contributed by atoms with Crippen molar-refractivity contribution in [1.29, 1.82) is 5.26 Å². The molecule has 1 aromatic rings. The average Bonchev–Trinajstić information content (AvgIpc) is 2.61. The molecular formula is C18H19N3O5. The zero-order valence-corrected chi connectivity index (χ0v) is 14.5. The molecule has 2 N–H and O–H groups in total.